The summed E-state index contributed by atoms with van der Waals surface area (Å²) in [4.78, 5) is 38.0. The maximum atomic E-state index is 12.4. The second kappa shape index (κ2) is 9.33. The molecule has 1 saturated heterocycles. The molecule has 1 heterocycles. The Hall–Kier alpha value is -2.41. The molecule has 1 aromatic rings. The molecule has 3 N–H and O–H groups in total. The Bertz CT molecular complexity index is 654. The number of hydrogen-bond donors (Lipinski definition) is 3. The maximum absolute atomic E-state index is 12.4. The molecule has 0 aliphatic carbocycles. The highest BCUT2D eigenvalue weighted by atomic mass is 16.2. The quantitative estimate of drug-likeness (QED) is 0.741. The number of carbonyl (C=O) groups excluding carboxylic acids is 3. The van der Waals surface area contributed by atoms with E-state index in [4.69, 9.17) is 0 Å². The molecule has 4 amide bonds. The van der Waals surface area contributed by atoms with Crippen LogP contribution in [0, 0.1) is 6.92 Å². The van der Waals surface area contributed by atoms with Crippen molar-refractivity contribution >= 4 is 17.8 Å². The van der Waals surface area contributed by atoms with Crippen molar-refractivity contribution in [2.75, 3.05) is 19.6 Å². The Balaban J connectivity index is 1.81. The lowest BCUT2D eigenvalue weighted by molar-refractivity contribution is -0.125. The van der Waals surface area contributed by atoms with Crippen molar-refractivity contribution in [1.29, 1.82) is 0 Å². The Morgan fingerprint density at radius 1 is 1.19 bits per heavy atom. The number of nitrogens with one attached hydrogen (secondary N) is 3. The van der Waals surface area contributed by atoms with Crippen LogP contribution in [-0.2, 0) is 4.79 Å². The maximum Gasteiger partial charge on any atom is 0.321 e. The molecule has 26 heavy (non-hydrogen) atoms. The van der Waals surface area contributed by atoms with Gasteiger partial charge in [0.05, 0.1) is 6.04 Å². The monoisotopic (exact) mass is 360 g/mol. The molecule has 1 fully saturated rings. The first kappa shape index (κ1) is 19.9. The topological polar surface area (TPSA) is 90.5 Å². The number of hydrogen-bond acceptors (Lipinski definition) is 4. The van der Waals surface area contributed by atoms with Crippen LogP contribution in [0.15, 0.2) is 24.3 Å². The second-order valence-electron chi connectivity index (χ2n) is 6.62. The van der Waals surface area contributed by atoms with Gasteiger partial charge in [-0.3, -0.25) is 19.8 Å². The Morgan fingerprint density at radius 3 is 2.46 bits per heavy atom. The van der Waals surface area contributed by atoms with Crippen molar-refractivity contribution in [2.45, 2.75) is 45.7 Å². The third-order valence-electron chi connectivity index (χ3n) is 4.76. The highest BCUT2D eigenvalue weighted by Crippen LogP contribution is 2.15. The second-order valence-corrected chi connectivity index (χ2v) is 6.62. The van der Waals surface area contributed by atoms with Crippen molar-refractivity contribution in [3.63, 3.8) is 0 Å². The molecule has 1 aliphatic heterocycles. The van der Waals surface area contributed by atoms with Crippen LogP contribution in [0.5, 0.6) is 0 Å². The van der Waals surface area contributed by atoms with Crippen LogP contribution in [0.4, 0.5) is 4.79 Å². The zero-order valence-electron chi connectivity index (χ0n) is 15.7. The van der Waals surface area contributed by atoms with E-state index in [9.17, 15) is 14.4 Å². The first-order valence-corrected chi connectivity index (χ1v) is 9.11. The van der Waals surface area contributed by atoms with Crippen LogP contribution in [0.3, 0.4) is 0 Å². The first-order valence-electron chi connectivity index (χ1n) is 9.11. The molecule has 0 spiro atoms. The standard InChI is InChI=1S/C19H28N4O3/c1-4-20-19(26)22-17(24)14(3)23-11-9-15(10-12-23)21-18(25)16-8-6-5-7-13(16)2/h5-8,14-15H,4,9-12H2,1-3H3,(H,21,25)(H2,20,22,24,26)/t14-/m1/s1. The van der Waals surface area contributed by atoms with E-state index in [0.29, 0.717) is 25.2 Å². The molecule has 7 heteroatoms. The van der Waals surface area contributed by atoms with Gasteiger partial charge < -0.3 is 10.6 Å². The van der Waals surface area contributed by atoms with Crippen molar-refractivity contribution < 1.29 is 14.4 Å². The van der Waals surface area contributed by atoms with Gasteiger partial charge in [-0.1, -0.05) is 18.2 Å². The van der Waals surface area contributed by atoms with Gasteiger partial charge >= 0.3 is 6.03 Å². The summed E-state index contributed by atoms with van der Waals surface area (Å²) in [7, 11) is 0. The molecular formula is C19H28N4O3. The summed E-state index contributed by atoms with van der Waals surface area (Å²) in [6, 6.07) is 6.77. The molecule has 0 saturated carbocycles. The van der Waals surface area contributed by atoms with E-state index in [0.717, 1.165) is 18.4 Å². The average molecular weight is 360 g/mol. The van der Waals surface area contributed by atoms with Crippen LogP contribution >= 0.6 is 0 Å². The molecule has 0 bridgehead atoms. The zero-order valence-corrected chi connectivity index (χ0v) is 15.7. The lowest BCUT2D eigenvalue weighted by Crippen LogP contribution is -2.53. The fourth-order valence-corrected chi connectivity index (χ4v) is 3.11. The van der Waals surface area contributed by atoms with Crippen molar-refractivity contribution in [1.82, 2.24) is 20.9 Å². The molecule has 1 aromatic carbocycles. The minimum Gasteiger partial charge on any atom is -0.349 e. The summed E-state index contributed by atoms with van der Waals surface area (Å²) in [6.07, 6.45) is 1.55. The summed E-state index contributed by atoms with van der Waals surface area (Å²) >= 11 is 0. The number of rotatable bonds is 5. The van der Waals surface area contributed by atoms with Crippen LogP contribution < -0.4 is 16.0 Å². The molecule has 0 aromatic heterocycles. The van der Waals surface area contributed by atoms with Gasteiger partial charge in [-0.15, -0.1) is 0 Å². The number of aryl methyl sites for hydroxylation is 1. The van der Waals surface area contributed by atoms with Crippen LogP contribution in [0.1, 0.15) is 42.6 Å². The number of carbonyl (C=O) groups is 3. The van der Waals surface area contributed by atoms with Gasteiger partial charge in [-0.05, 0) is 45.2 Å². The van der Waals surface area contributed by atoms with Crippen molar-refractivity contribution in [3.05, 3.63) is 35.4 Å². The zero-order chi connectivity index (χ0) is 19.1. The first-order chi connectivity index (χ1) is 12.4. The van der Waals surface area contributed by atoms with Gasteiger partial charge in [-0.25, -0.2) is 4.79 Å². The summed E-state index contributed by atoms with van der Waals surface area (Å²) in [5, 5.41) is 7.98. The highest BCUT2D eigenvalue weighted by molar-refractivity contribution is 5.97. The van der Waals surface area contributed by atoms with Gasteiger partial charge in [0.25, 0.3) is 5.91 Å². The largest absolute Gasteiger partial charge is 0.349 e. The van der Waals surface area contributed by atoms with Crippen LogP contribution in [-0.4, -0.2) is 54.5 Å². The van der Waals surface area contributed by atoms with E-state index in [1.54, 1.807) is 13.8 Å². The minimum atomic E-state index is -0.468. The van der Waals surface area contributed by atoms with Crippen molar-refractivity contribution in [2.24, 2.45) is 0 Å². The van der Waals surface area contributed by atoms with Crippen molar-refractivity contribution in [3.8, 4) is 0 Å². The third-order valence-corrected chi connectivity index (χ3v) is 4.76. The lowest BCUT2D eigenvalue weighted by atomic mass is 10.0. The molecule has 0 unspecified atom stereocenters. The smallest absolute Gasteiger partial charge is 0.321 e. The Morgan fingerprint density at radius 2 is 1.85 bits per heavy atom. The van der Waals surface area contributed by atoms with E-state index in [1.807, 2.05) is 36.1 Å². The van der Waals surface area contributed by atoms with E-state index in [2.05, 4.69) is 16.0 Å². The minimum absolute atomic E-state index is 0.0522. The molecule has 2 rings (SSSR count). The Labute approximate surface area is 154 Å². The highest BCUT2D eigenvalue weighted by Gasteiger charge is 2.28. The number of benzene rings is 1. The number of nitrogens with zero attached hydrogens (tertiary/aromatic N) is 1. The number of likely N-dealkylation sites (tertiary alicyclic amines) is 1. The third kappa shape index (κ3) is 5.29. The molecule has 142 valence electrons. The molecular weight excluding hydrogens is 332 g/mol. The average Bonchev–Trinajstić information content (AvgIpc) is 2.62. The lowest BCUT2D eigenvalue weighted by Gasteiger charge is -2.35. The summed E-state index contributed by atoms with van der Waals surface area (Å²) in [5.74, 6) is -0.359. The Kier molecular flexibility index (Phi) is 7.15. The molecule has 1 atom stereocenters. The van der Waals surface area contributed by atoms with Gasteiger partial charge in [0.1, 0.15) is 0 Å². The van der Waals surface area contributed by atoms with Gasteiger partial charge in [0.2, 0.25) is 5.91 Å². The number of amides is 4. The van der Waals surface area contributed by atoms with Gasteiger partial charge in [-0.2, -0.15) is 0 Å². The molecule has 7 nitrogen and oxygen atoms in total. The van der Waals surface area contributed by atoms with E-state index in [1.165, 1.54) is 0 Å². The van der Waals surface area contributed by atoms with Gasteiger partial charge in [0, 0.05) is 31.2 Å². The summed E-state index contributed by atoms with van der Waals surface area (Å²) < 4.78 is 0. The van der Waals surface area contributed by atoms with E-state index in [-0.39, 0.29) is 23.9 Å². The molecule has 1 aliphatic rings. The fourth-order valence-electron chi connectivity index (χ4n) is 3.11. The number of imide groups is 1. The SMILES string of the molecule is CCNC(=O)NC(=O)[C@@H](C)N1CCC(NC(=O)c2ccccc2C)CC1. The summed E-state index contributed by atoms with van der Waals surface area (Å²) in [6.45, 7) is 7.38. The molecule has 0 radical (unpaired) electrons. The van der Waals surface area contributed by atoms with Crippen LogP contribution in [0.25, 0.3) is 0 Å². The van der Waals surface area contributed by atoms with Crippen LogP contribution in [0.2, 0.25) is 0 Å². The van der Waals surface area contributed by atoms with E-state index >= 15 is 0 Å². The number of urea groups is 1. The normalized spacial score (nSPS) is 16.6. The van der Waals surface area contributed by atoms with E-state index < -0.39 is 6.03 Å². The predicted molar refractivity (Wildman–Crippen MR) is 99.9 cm³/mol. The number of piperidine rings is 1. The summed E-state index contributed by atoms with van der Waals surface area (Å²) in [5.41, 5.74) is 1.66. The fraction of sp³-hybridized carbons (Fsp3) is 0.526. The van der Waals surface area contributed by atoms with Gasteiger partial charge in [0.15, 0.2) is 0 Å². The predicted octanol–water partition coefficient (Wildman–Crippen LogP) is 1.42.